The lowest BCUT2D eigenvalue weighted by Crippen LogP contribution is -2.52. The zero-order chi connectivity index (χ0) is 26.3. The zero-order valence-corrected chi connectivity index (χ0v) is 22.4. The lowest BCUT2D eigenvalue weighted by molar-refractivity contribution is -0.0574. The summed E-state index contributed by atoms with van der Waals surface area (Å²) in [5.74, 6) is 1.13. The minimum atomic E-state index is -1.15. The second kappa shape index (κ2) is 12.7. The van der Waals surface area contributed by atoms with E-state index in [4.69, 9.17) is 9.47 Å². The predicted molar refractivity (Wildman–Crippen MR) is 144 cm³/mol. The van der Waals surface area contributed by atoms with Gasteiger partial charge in [0.05, 0.1) is 11.8 Å². The molecule has 2 aromatic rings. The average Bonchev–Trinajstić information content (AvgIpc) is 3.23. The number of hydrogen-bond acceptors (Lipinski definition) is 6. The van der Waals surface area contributed by atoms with E-state index < -0.39 is 5.60 Å². The number of nitrogens with zero attached hydrogens (tertiary/aromatic N) is 3. The number of carbonyl (C=O) groups is 1. The van der Waals surface area contributed by atoms with Gasteiger partial charge in [-0.05, 0) is 70.7 Å². The molecule has 3 heterocycles. The highest BCUT2D eigenvalue weighted by Gasteiger charge is 2.43. The molecule has 1 aromatic carbocycles. The van der Waals surface area contributed by atoms with Crippen LogP contribution in [-0.2, 0) is 10.3 Å². The van der Waals surface area contributed by atoms with E-state index in [9.17, 15) is 9.90 Å². The molecule has 0 saturated carbocycles. The van der Waals surface area contributed by atoms with Crippen molar-refractivity contribution in [3.05, 3.63) is 54.4 Å². The van der Waals surface area contributed by atoms with Crippen molar-refractivity contribution in [1.29, 1.82) is 0 Å². The molecule has 1 unspecified atom stereocenters. The Hall–Kier alpha value is -2.68. The smallest absolute Gasteiger partial charge is 0.317 e. The number of urea groups is 1. The quantitative estimate of drug-likeness (QED) is 0.461. The first kappa shape index (κ1) is 27.4. The number of hydrogen-bond donors (Lipinski definition) is 2. The Bertz CT molecular complexity index is 996. The predicted octanol–water partition coefficient (Wildman–Crippen LogP) is 4.39. The largest absolute Gasteiger partial charge is 0.455 e. The van der Waals surface area contributed by atoms with Crippen LogP contribution in [0.1, 0.15) is 51.0 Å². The molecule has 2 N–H and O–H groups in total. The second-order valence-corrected chi connectivity index (χ2v) is 10.6. The van der Waals surface area contributed by atoms with Crippen molar-refractivity contribution in [3.8, 4) is 11.5 Å². The number of nitrogens with one attached hydrogen (secondary N) is 1. The van der Waals surface area contributed by atoms with Crippen LogP contribution in [0.2, 0.25) is 0 Å². The monoisotopic (exact) mass is 510 g/mol. The number of aromatic nitrogens is 1. The van der Waals surface area contributed by atoms with Gasteiger partial charge in [0, 0.05) is 63.1 Å². The molecule has 2 amide bonds. The summed E-state index contributed by atoms with van der Waals surface area (Å²) in [5.41, 5.74) is -0.386. The number of para-hydroxylation sites is 1. The standard InChI is InChI=1S/C29H42N4O4/c1-22-18-24(21-32(22)2)31-28(34)33-16-9-10-23(20-33)29(35,14-6-7-17-36-3)26-12-4-5-13-27(26)37-25-11-8-15-30-19-25/h4-5,8,11-13,15,19,22-24,35H,6-7,9-10,14,16-18,20-21H2,1-3H3,(H,31,34)/t22?,23-,24+,29+/m1/s1. The van der Waals surface area contributed by atoms with Crippen LogP contribution in [0.3, 0.4) is 0 Å². The Kier molecular flexibility index (Phi) is 9.40. The third-order valence-electron chi connectivity index (χ3n) is 7.97. The molecule has 0 bridgehead atoms. The summed E-state index contributed by atoms with van der Waals surface area (Å²) >= 11 is 0. The molecule has 1 aromatic heterocycles. The van der Waals surface area contributed by atoms with Gasteiger partial charge in [0.15, 0.2) is 0 Å². The Morgan fingerprint density at radius 3 is 2.78 bits per heavy atom. The van der Waals surface area contributed by atoms with Gasteiger partial charge in [-0.1, -0.05) is 18.2 Å². The van der Waals surface area contributed by atoms with E-state index in [0.29, 0.717) is 43.7 Å². The van der Waals surface area contributed by atoms with Crippen molar-refractivity contribution in [2.75, 3.05) is 40.4 Å². The summed E-state index contributed by atoms with van der Waals surface area (Å²) in [4.78, 5) is 21.6. The normalized spacial score (nSPS) is 24.0. The Morgan fingerprint density at radius 1 is 1.22 bits per heavy atom. The first-order valence-electron chi connectivity index (χ1n) is 13.5. The van der Waals surface area contributed by atoms with Gasteiger partial charge in [0.25, 0.3) is 0 Å². The van der Waals surface area contributed by atoms with Crippen molar-refractivity contribution >= 4 is 6.03 Å². The van der Waals surface area contributed by atoms with Gasteiger partial charge in [-0.25, -0.2) is 4.79 Å². The molecule has 2 fully saturated rings. The number of amides is 2. The van der Waals surface area contributed by atoms with Gasteiger partial charge >= 0.3 is 6.03 Å². The van der Waals surface area contributed by atoms with Crippen molar-refractivity contribution in [2.45, 2.75) is 63.1 Å². The van der Waals surface area contributed by atoms with E-state index in [1.165, 1.54) is 0 Å². The van der Waals surface area contributed by atoms with Gasteiger partial charge in [-0.2, -0.15) is 0 Å². The number of rotatable bonds is 10. The number of benzene rings is 1. The molecule has 0 radical (unpaired) electrons. The first-order valence-corrected chi connectivity index (χ1v) is 13.5. The van der Waals surface area contributed by atoms with Gasteiger partial charge < -0.3 is 29.7 Å². The van der Waals surface area contributed by atoms with E-state index in [2.05, 4.69) is 29.2 Å². The number of ether oxygens (including phenoxy) is 2. The summed E-state index contributed by atoms with van der Waals surface area (Å²) in [5, 5.41) is 15.7. The SMILES string of the molecule is COCCCC[C@@](O)(c1ccccc1Oc1cccnc1)[C@@H]1CCCN(C(=O)N[C@H]2CC(C)N(C)C2)C1. The third kappa shape index (κ3) is 6.80. The lowest BCUT2D eigenvalue weighted by Gasteiger charge is -2.43. The maximum Gasteiger partial charge on any atom is 0.317 e. The summed E-state index contributed by atoms with van der Waals surface area (Å²) in [7, 11) is 3.80. The first-order chi connectivity index (χ1) is 17.9. The number of aliphatic hydroxyl groups is 1. The summed E-state index contributed by atoms with van der Waals surface area (Å²) in [6.07, 6.45) is 8.26. The molecule has 8 heteroatoms. The minimum Gasteiger partial charge on any atom is -0.455 e. The topological polar surface area (TPSA) is 87.2 Å². The molecule has 0 spiro atoms. The van der Waals surface area contributed by atoms with Crippen LogP contribution >= 0.6 is 0 Å². The van der Waals surface area contributed by atoms with Gasteiger partial charge in [0.1, 0.15) is 11.5 Å². The maximum absolute atomic E-state index is 13.3. The van der Waals surface area contributed by atoms with Crippen LogP contribution in [0.25, 0.3) is 0 Å². The van der Waals surface area contributed by atoms with Crippen LogP contribution in [-0.4, -0.2) is 78.4 Å². The average molecular weight is 511 g/mol. The Morgan fingerprint density at radius 2 is 2.05 bits per heavy atom. The fourth-order valence-corrected chi connectivity index (χ4v) is 5.76. The van der Waals surface area contributed by atoms with Crippen molar-refractivity contribution in [3.63, 3.8) is 0 Å². The fourth-order valence-electron chi connectivity index (χ4n) is 5.76. The molecule has 8 nitrogen and oxygen atoms in total. The van der Waals surface area contributed by atoms with E-state index in [-0.39, 0.29) is 18.0 Å². The van der Waals surface area contributed by atoms with E-state index >= 15 is 0 Å². The summed E-state index contributed by atoms with van der Waals surface area (Å²) in [6.45, 7) is 4.92. The van der Waals surface area contributed by atoms with Crippen molar-refractivity contribution < 1.29 is 19.4 Å². The van der Waals surface area contributed by atoms with Gasteiger partial charge in [-0.15, -0.1) is 0 Å². The minimum absolute atomic E-state index is 0.0289. The molecular weight excluding hydrogens is 468 g/mol. The molecule has 4 rings (SSSR count). The molecule has 2 aliphatic rings. The van der Waals surface area contributed by atoms with Crippen LogP contribution in [0, 0.1) is 5.92 Å². The highest BCUT2D eigenvalue weighted by Crippen LogP contribution is 2.44. The third-order valence-corrected chi connectivity index (χ3v) is 7.97. The van der Waals surface area contributed by atoms with Gasteiger partial charge in [0.2, 0.25) is 0 Å². The molecule has 4 atom stereocenters. The van der Waals surface area contributed by atoms with Crippen LogP contribution in [0.5, 0.6) is 11.5 Å². The highest BCUT2D eigenvalue weighted by molar-refractivity contribution is 5.74. The number of methoxy groups -OCH3 is 1. The van der Waals surface area contributed by atoms with E-state index in [1.807, 2.05) is 41.3 Å². The van der Waals surface area contributed by atoms with Crippen LogP contribution < -0.4 is 10.1 Å². The molecule has 2 saturated heterocycles. The number of unbranched alkanes of at least 4 members (excludes halogenated alkanes) is 1. The van der Waals surface area contributed by atoms with Crippen molar-refractivity contribution in [1.82, 2.24) is 20.1 Å². The number of likely N-dealkylation sites (tertiary alicyclic amines) is 2. The molecule has 0 aliphatic carbocycles. The molecule has 2 aliphatic heterocycles. The molecule has 37 heavy (non-hydrogen) atoms. The van der Waals surface area contributed by atoms with E-state index in [0.717, 1.165) is 44.2 Å². The van der Waals surface area contributed by atoms with Gasteiger partial charge in [-0.3, -0.25) is 4.98 Å². The number of piperidine rings is 1. The zero-order valence-electron chi connectivity index (χ0n) is 22.4. The number of likely N-dealkylation sites (N-methyl/N-ethyl adjacent to an activating group) is 1. The van der Waals surface area contributed by atoms with Crippen LogP contribution in [0.15, 0.2) is 48.8 Å². The lowest BCUT2D eigenvalue weighted by atomic mass is 9.73. The van der Waals surface area contributed by atoms with Crippen molar-refractivity contribution in [2.24, 2.45) is 5.92 Å². The number of carbonyl (C=O) groups excluding carboxylic acids is 1. The maximum atomic E-state index is 13.3. The molecular formula is C29H42N4O4. The Labute approximate surface area is 221 Å². The Balaban J connectivity index is 1.54. The summed E-state index contributed by atoms with van der Waals surface area (Å²) in [6, 6.07) is 12.0. The molecule has 202 valence electrons. The van der Waals surface area contributed by atoms with Crippen LogP contribution in [0.4, 0.5) is 4.79 Å². The number of pyridine rings is 1. The second-order valence-electron chi connectivity index (χ2n) is 10.6. The fraction of sp³-hybridized carbons (Fsp3) is 0.586. The van der Waals surface area contributed by atoms with E-state index in [1.54, 1.807) is 19.5 Å². The highest BCUT2D eigenvalue weighted by atomic mass is 16.5. The summed E-state index contributed by atoms with van der Waals surface area (Å²) < 4.78 is 11.5.